The summed E-state index contributed by atoms with van der Waals surface area (Å²) >= 11 is 6.13. The van der Waals surface area contributed by atoms with Crippen molar-refractivity contribution in [3.63, 3.8) is 0 Å². The zero-order valence-electron chi connectivity index (χ0n) is 21.0. The monoisotopic (exact) mass is 546 g/mol. The summed E-state index contributed by atoms with van der Waals surface area (Å²) in [6.45, 7) is 3.88. The molecular weight excluding hydrogens is 520 g/mol. The van der Waals surface area contributed by atoms with E-state index in [1.807, 2.05) is 50.2 Å². The quantitative estimate of drug-likeness (QED) is 0.245. The Labute approximate surface area is 227 Å². The average molecular weight is 547 g/mol. The molecule has 0 spiro atoms. The molecule has 4 aromatic rings. The lowest BCUT2D eigenvalue weighted by molar-refractivity contribution is 0.102. The number of hydrogen-bond donors (Lipinski definition) is 1. The maximum atomic E-state index is 13.4. The van der Waals surface area contributed by atoms with Gasteiger partial charge in [-0.25, -0.2) is 8.42 Å². The Morgan fingerprint density at radius 3 is 2.03 bits per heavy atom. The van der Waals surface area contributed by atoms with Crippen molar-refractivity contribution >= 4 is 39.0 Å². The Hall–Kier alpha value is -3.78. The molecule has 0 radical (unpaired) electrons. The Morgan fingerprint density at radius 2 is 1.42 bits per heavy atom. The maximum absolute atomic E-state index is 13.4. The number of ketones is 1. The molecule has 4 aromatic carbocycles. The van der Waals surface area contributed by atoms with Crippen LogP contribution in [0.2, 0.25) is 5.02 Å². The van der Waals surface area contributed by atoms with Crippen molar-refractivity contribution in [2.75, 3.05) is 5.32 Å². The van der Waals surface area contributed by atoms with Crippen LogP contribution in [0.25, 0.3) is 0 Å². The van der Waals surface area contributed by atoms with E-state index in [0.29, 0.717) is 16.3 Å². The first-order valence-electron chi connectivity index (χ1n) is 12.0. The van der Waals surface area contributed by atoms with E-state index in [0.717, 1.165) is 5.56 Å². The third kappa shape index (κ3) is 6.19. The fourth-order valence-corrected chi connectivity index (χ4v) is 5.77. The summed E-state index contributed by atoms with van der Waals surface area (Å²) in [5.41, 5.74) is 2.15. The van der Waals surface area contributed by atoms with Crippen LogP contribution in [0.4, 0.5) is 5.69 Å². The van der Waals surface area contributed by atoms with Crippen LogP contribution in [-0.4, -0.2) is 30.5 Å². The number of nitrogens with one attached hydrogen (secondary N) is 1. The summed E-state index contributed by atoms with van der Waals surface area (Å²) in [6.07, 6.45) is 0. The second-order valence-electron chi connectivity index (χ2n) is 8.99. The predicted octanol–water partition coefficient (Wildman–Crippen LogP) is 6.42. The van der Waals surface area contributed by atoms with Gasteiger partial charge in [-0.15, -0.1) is 0 Å². The van der Waals surface area contributed by atoms with E-state index >= 15 is 0 Å². The van der Waals surface area contributed by atoms with Crippen LogP contribution in [0, 0.1) is 0 Å². The lowest BCUT2D eigenvalue weighted by Crippen LogP contribution is -2.36. The van der Waals surface area contributed by atoms with Gasteiger partial charge in [0.2, 0.25) is 10.0 Å². The van der Waals surface area contributed by atoms with Gasteiger partial charge in [-0.05, 0) is 61.9 Å². The lowest BCUT2D eigenvalue weighted by Gasteiger charge is -2.26. The zero-order valence-corrected chi connectivity index (χ0v) is 22.5. The predicted molar refractivity (Wildman–Crippen MR) is 150 cm³/mol. The van der Waals surface area contributed by atoms with Gasteiger partial charge in [0, 0.05) is 34.3 Å². The first-order valence-corrected chi connectivity index (χ1v) is 13.8. The topological polar surface area (TPSA) is 83.6 Å². The number of rotatable bonds is 9. The molecule has 0 atom stereocenters. The summed E-state index contributed by atoms with van der Waals surface area (Å²) in [6, 6.07) is 28.2. The highest BCUT2D eigenvalue weighted by atomic mass is 35.5. The van der Waals surface area contributed by atoms with Crippen molar-refractivity contribution in [1.82, 2.24) is 4.31 Å². The van der Waals surface area contributed by atoms with Gasteiger partial charge in [-0.2, -0.15) is 4.31 Å². The van der Waals surface area contributed by atoms with Gasteiger partial charge in [0.15, 0.2) is 5.78 Å². The minimum absolute atomic E-state index is 0.0881. The summed E-state index contributed by atoms with van der Waals surface area (Å²) in [7, 11) is -3.81. The largest absolute Gasteiger partial charge is 0.321 e. The summed E-state index contributed by atoms with van der Waals surface area (Å²) in [4.78, 5) is 26.2. The molecule has 8 heteroatoms. The Morgan fingerprint density at radius 1 is 0.816 bits per heavy atom. The number of carbonyl (C=O) groups excluding carboxylic acids is 2. The molecule has 0 saturated heterocycles. The molecule has 0 aliphatic heterocycles. The van der Waals surface area contributed by atoms with Crippen LogP contribution in [0.3, 0.4) is 0 Å². The normalized spacial score (nSPS) is 11.5. The van der Waals surface area contributed by atoms with Gasteiger partial charge in [-0.1, -0.05) is 72.3 Å². The zero-order chi connectivity index (χ0) is 27.3. The van der Waals surface area contributed by atoms with E-state index in [2.05, 4.69) is 5.32 Å². The molecule has 0 fully saturated rings. The molecule has 1 N–H and O–H groups in total. The van der Waals surface area contributed by atoms with Crippen molar-refractivity contribution in [1.29, 1.82) is 0 Å². The Balaban J connectivity index is 1.56. The van der Waals surface area contributed by atoms with Gasteiger partial charge in [0.1, 0.15) is 0 Å². The fourth-order valence-electron chi connectivity index (χ4n) is 3.97. The first-order chi connectivity index (χ1) is 18.2. The standard InChI is InChI=1S/C30H27ClN2O4S/c1-21(2)33(20-22-9-5-3-6-10-22)38(36,37)26-16-13-24(14-17-26)30(35)32-28-18-15-25(31)19-27(28)29(34)23-11-7-4-8-12-23/h3-19,21H,20H2,1-2H3,(H,32,35). The highest BCUT2D eigenvalue weighted by molar-refractivity contribution is 7.89. The summed E-state index contributed by atoms with van der Waals surface area (Å²) in [5.74, 6) is -0.764. The van der Waals surface area contributed by atoms with E-state index in [9.17, 15) is 18.0 Å². The number of benzene rings is 4. The Kier molecular flexibility index (Phi) is 8.42. The van der Waals surface area contributed by atoms with E-state index < -0.39 is 15.9 Å². The number of sulfonamides is 1. The minimum atomic E-state index is -3.81. The first kappa shape index (κ1) is 27.3. The van der Waals surface area contributed by atoms with Gasteiger partial charge in [0.05, 0.1) is 10.6 Å². The molecule has 0 heterocycles. The second-order valence-corrected chi connectivity index (χ2v) is 11.3. The SMILES string of the molecule is CC(C)N(Cc1ccccc1)S(=O)(=O)c1ccc(C(=O)Nc2ccc(Cl)cc2C(=O)c2ccccc2)cc1. The number of halogens is 1. The molecule has 0 saturated carbocycles. The summed E-state index contributed by atoms with van der Waals surface area (Å²) < 4.78 is 28.2. The molecule has 4 rings (SSSR count). The van der Waals surface area contributed by atoms with Crippen LogP contribution in [-0.2, 0) is 16.6 Å². The molecule has 194 valence electrons. The van der Waals surface area contributed by atoms with Crippen LogP contribution in [0.1, 0.15) is 45.7 Å². The van der Waals surface area contributed by atoms with Gasteiger partial charge in [0.25, 0.3) is 5.91 Å². The van der Waals surface area contributed by atoms with Crippen molar-refractivity contribution in [2.45, 2.75) is 31.3 Å². The maximum Gasteiger partial charge on any atom is 0.255 e. The second kappa shape index (κ2) is 11.7. The fraction of sp³-hybridized carbons (Fsp3) is 0.133. The molecule has 0 unspecified atom stereocenters. The number of nitrogens with zero attached hydrogens (tertiary/aromatic N) is 1. The third-order valence-corrected chi connectivity index (χ3v) is 8.26. The molecule has 0 aromatic heterocycles. The number of carbonyl (C=O) groups is 2. The Bertz CT molecular complexity index is 1540. The smallest absolute Gasteiger partial charge is 0.255 e. The van der Waals surface area contributed by atoms with Crippen molar-refractivity contribution in [3.8, 4) is 0 Å². The van der Waals surface area contributed by atoms with Crippen LogP contribution >= 0.6 is 11.6 Å². The highest BCUT2D eigenvalue weighted by Gasteiger charge is 2.27. The molecule has 1 amide bonds. The van der Waals surface area contributed by atoms with E-state index in [4.69, 9.17) is 11.6 Å². The highest BCUT2D eigenvalue weighted by Crippen LogP contribution is 2.25. The molecule has 6 nitrogen and oxygen atoms in total. The van der Waals surface area contributed by atoms with Gasteiger partial charge in [-0.3, -0.25) is 9.59 Å². The summed E-state index contributed by atoms with van der Waals surface area (Å²) in [5, 5.41) is 3.12. The van der Waals surface area contributed by atoms with Gasteiger partial charge >= 0.3 is 0 Å². The molecular formula is C30H27ClN2O4S. The molecule has 0 aliphatic rings. The number of amides is 1. The molecule has 38 heavy (non-hydrogen) atoms. The van der Waals surface area contributed by atoms with Crippen molar-refractivity contribution in [3.05, 3.63) is 130 Å². The average Bonchev–Trinajstić information content (AvgIpc) is 2.93. The third-order valence-electron chi connectivity index (χ3n) is 5.99. The van der Waals surface area contributed by atoms with E-state index in [1.54, 1.807) is 36.4 Å². The van der Waals surface area contributed by atoms with E-state index in [1.165, 1.54) is 34.6 Å². The minimum Gasteiger partial charge on any atom is -0.321 e. The molecule has 0 bridgehead atoms. The molecule has 0 aliphatic carbocycles. The van der Waals surface area contributed by atoms with Crippen LogP contribution in [0.5, 0.6) is 0 Å². The van der Waals surface area contributed by atoms with Crippen LogP contribution in [0.15, 0.2) is 108 Å². The number of anilines is 1. The van der Waals surface area contributed by atoms with Crippen molar-refractivity contribution < 1.29 is 18.0 Å². The van der Waals surface area contributed by atoms with Gasteiger partial charge < -0.3 is 5.32 Å². The van der Waals surface area contributed by atoms with E-state index in [-0.39, 0.29) is 34.4 Å². The lowest BCUT2D eigenvalue weighted by atomic mass is 10.0. The van der Waals surface area contributed by atoms with Crippen molar-refractivity contribution in [2.24, 2.45) is 0 Å². The number of hydrogen-bond acceptors (Lipinski definition) is 4. The van der Waals surface area contributed by atoms with Crippen LogP contribution < -0.4 is 5.32 Å².